The molecule has 2 aliphatic heterocycles. The fourth-order valence-electron chi connectivity index (χ4n) is 3.42. The number of nitrogens with one attached hydrogen (secondary N) is 1. The lowest BCUT2D eigenvalue weighted by atomic mass is 9.85. The molecule has 1 fully saturated rings. The van der Waals surface area contributed by atoms with Gasteiger partial charge < -0.3 is 19.9 Å². The molecule has 3 rings (SSSR count). The maximum Gasteiger partial charge on any atom is 0.410 e. The molecule has 0 saturated heterocycles. The minimum atomic E-state index is -0.487. The Balaban J connectivity index is 0.00000155. The number of rotatable bonds is 7. The van der Waals surface area contributed by atoms with Crippen LogP contribution in [0, 0.1) is 5.92 Å². The first kappa shape index (κ1) is 23.8. The van der Waals surface area contributed by atoms with Crippen molar-refractivity contribution in [3.05, 3.63) is 48.5 Å². The van der Waals surface area contributed by atoms with Crippen LogP contribution in [-0.2, 0) is 4.74 Å². The Morgan fingerprint density at radius 2 is 2.10 bits per heavy atom. The summed E-state index contributed by atoms with van der Waals surface area (Å²) < 4.78 is 5.64. The van der Waals surface area contributed by atoms with Crippen molar-refractivity contribution >= 4 is 12.3 Å². The highest BCUT2D eigenvalue weighted by atomic mass is 16.6. The lowest BCUT2D eigenvalue weighted by Gasteiger charge is -2.34. The fraction of sp³-hybridized carbons (Fsp3) is 0.583. The van der Waals surface area contributed by atoms with Crippen LogP contribution >= 0.6 is 0 Å². The molecule has 6 nitrogen and oxygen atoms in total. The zero-order valence-electron chi connectivity index (χ0n) is 19.2. The van der Waals surface area contributed by atoms with E-state index in [1.807, 2.05) is 39.5 Å². The van der Waals surface area contributed by atoms with Crippen molar-refractivity contribution in [2.45, 2.75) is 65.6 Å². The second kappa shape index (κ2) is 11.0. The van der Waals surface area contributed by atoms with Crippen LogP contribution in [0.5, 0.6) is 0 Å². The third-order valence-corrected chi connectivity index (χ3v) is 4.97. The molecule has 1 N–H and O–H groups in total. The minimum absolute atomic E-state index is 0.110. The van der Waals surface area contributed by atoms with Crippen molar-refractivity contribution in [2.75, 3.05) is 19.6 Å². The molecule has 1 saturated carbocycles. The molecule has 1 atom stereocenters. The Labute approximate surface area is 182 Å². The zero-order valence-corrected chi connectivity index (χ0v) is 19.2. The van der Waals surface area contributed by atoms with Gasteiger partial charge in [0.15, 0.2) is 0 Å². The number of amides is 1. The average Bonchev–Trinajstić information content (AvgIpc) is 3.06. The summed E-state index contributed by atoms with van der Waals surface area (Å²) in [4.78, 5) is 21.0. The first-order valence-electron chi connectivity index (χ1n) is 11.1. The van der Waals surface area contributed by atoms with Crippen LogP contribution in [-0.4, -0.2) is 53.5 Å². The highest BCUT2D eigenvalue weighted by Crippen LogP contribution is 2.28. The Morgan fingerprint density at radius 3 is 2.70 bits per heavy atom. The number of carbonyl (C=O) groups is 1. The van der Waals surface area contributed by atoms with Crippen LogP contribution in [0.15, 0.2) is 53.5 Å². The van der Waals surface area contributed by atoms with Crippen LogP contribution in [0.3, 0.4) is 0 Å². The standard InChI is InChI=1S/C22H32N4O2.C2H6/c1-5-11-23-12-19-16-25-14-18(9-10-20(25)24-19)15-26(13-17-7-6-8-17)21(27)28-22(2,3)4;1-2/h5,9-11,14,16-17,20,24H,1,6-8,12-13,15H2,2-4H3;1-2H3. The van der Waals surface area contributed by atoms with Gasteiger partial charge in [0.25, 0.3) is 0 Å². The first-order chi connectivity index (χ1) is 14.3. The molecule has 0 spiro atoms. The summed E-state index contributed by atoms with van der Waals surface area (Å²) in [7, 11) is 0. The quantitative estimate of drug-likeness (QED) is 0.606. The molecule has 1 amide bonds. The molecule has 6 heteroatoms. The van der Waals surface area contributed by atoms with E-state index in [4.69, 9.17) is 4.74 Å². The maximum atomic E-state index is 12.7. The number of hydrogen-bond donors (Lipinski definition) is 1. The molecule has 1 aliphatic carbocycles. The molecule has 0 bridgehead atoms. The summed E-state index contributed by atoms with van der Waals surface area (Å²) in [5.74, 6) is 0.594. The van der Waals surface area contributed by atoms with Crippen molar-refractivity contribution in [3.8, 4) is 0 Å². The van der Waals surface area contributed by atoms with Gasteiger partial charge in [-0.2, -0.15) is 0 Å². The predicted octanol–water partition coefficient (Wildman–Crippen LogP) is 4.83. The van der Waals surface area contributed by atoms with Gasteiger partial charge in [-0.3, -0.25) is 4.99 Å². The zero-order chi connectivity index (χ0) is 22.1. The van der Waals surface area contributed by atoms with Gasteiger partial charge in [-0.1, -0.05) is 39.0 Å². The first-order valence-corrected chi connectivity index (χ1v) is 11.1. The van der Waals surface area contributed by atoms with Crippen LogP contribution < -0.4 is 5.32 Å². The van der Waals surface area contributed by atoms with Crippen LogP contribution in [0.25, 0.3) is 0 Å². The average molecular weight is 415 g/mol. The van der Waals surface area contributed by atoms with Crippen LogP contribution in [0.1, 0.15) is 53.9 Å². The van der Waals surface area contributed by atoms with Crippen LogP contribution in [0.4, 0.5) is 4.79 Å². The van der Waals surface area contributed by atoms with Gasteiger partial charge in [-0.15, -0.1) is 0 Å². The van der Waals surface area contributed by atoms with E-state index in [2.05, 4.69) is 46.3 Å². The number of nitrogens with zero attached hydrogens (tertiary/aromatic N) is 3. The highest BCUT2D eigenvalue weighted by Gasteiger charge is 2.29. The van der Waals surface area contributed by atoms with Crippen molar-refractivity contribution < 1.29 is 9.53 Å². The van der Waals surface area contributed by atoms with E-state index in [-0.39, 0.29) is 12.3 Å². The molecule has 0 radical (unpaired) electrons. The maximum absolute atomic E-state index is 12.7. The number of allylic oxidation sites excluding steroid dienone is 1. The van der Waals surface area contributed by atoms with E-state index in [1.165, 1.54) is 19.3 Å². The number of aliphatic imine (C=N–C) groups is 1. The van der Waals surface area contributed by atoms with E-state index in [0.717, 1.165) is 17.8 Å². The second-order valence-electron chi connectivity index (χ2n) is 8.64. The second-order valence-corrected chi connectivity index (χ2v) is 8.64. The minimum Gasteiger partial charge on any atom is -0.444 e. The van der Waals surface area contributed by atoms with E-state index in [1.54, 1.807) is 12.3 Å². The Bertz CT molecular complexity index is 711. The number of hydrogen-bond acceptors (Lipinski definition) is 5. The number of ether oxygens (including phenoxy) is 1. The van der Waals surface area contributed by atoms with Gasteiger partial charge in [0.2, 0.25) is 0 Å². The molecule has 166 valence electrons. The van der Waals surface area contributed by atoms with Crippen molar-refractivity contribution in [1.29, 1.82) is 0 Å². The molecule has 2 heterocycles. The molecule has 30 heavy (non-hydrogen) atoms. The predicted molar refractivity (Wildman–Crippen MR) is 124 cm³/mol. The Hall–Kier alpha value is -2.50. The summed E-state index contributed by atoms with van der Waals surface area (Å²) in [6, 6.07) is 0. The lowest BCUT2D eigenvalue weighted by Crippen LogP contribution is -2.42. The molecule has 0 aromatic carbocycles. The van der Waals surface area contributed by atoms with E-state index >= 15 is 0 Å². The topological polar surface area (TPSA) is 57.2 Å². The molecule has 0 aromatic heterocycles. The normalized spacial score (nSPS) is 20.3. The summed E-state index contributed by atoms with van der Waals surface area (Å²) in [5, 5.41) is 3.43. The smallest absolute Gasteiger partial charge is 0.410 e. The van der Waals surface area contributed by atoms with Gasteiger partial charge >= 0.3 is 6.09 Å². The monoisotopic (exact) mass is 414 g/mol. The van der Waals surface area contributed by atoms with Gasteiger partial charge in [0.1, 0.15) is 11.8 Å². The van der Waals surface area contributed by atoms with Crippen molar-refractivity contribution in [1.82, 2.24) is 15.1 Å². The van der Waals surface area contributed by atoms with Gasteiger partial charge in [0.05, 0.1) is 18.8 Å². The van der Waals surface area contributed by atoms with E-state index in [9.17, 15) is 4.79 Å². The third-order valence-electron chi connectivity index (χ3n) is 4.97. The lowest BCUT2D eigenvalue weighted by molar-refractivity contribution is 0.0212. The van der Waals surface area contributed by atoms with Gasteiger partial charge in [-0.05, 0) is 51.2 Å². The van der Waals surface area contributed by atoms with Gasteiger partial charge in [0, 0.05) is 25.2 Å². The number of carbonyl (C=O) groups excluding carboxylic acids is 1. The SMILES string of the molecule is C=CC=NCC1=CN2C=C(CN(CC3CCC3)C(=O)OC(C)(C)C)C=CC2N1.CC. The molecular formula is C24H38N4O2. The summed E-state index contributed by atoms with van der Waals surface area (Å²) in [6.07, 6.45) is 15.3. The molecule has 1 unspecified atom stereocenters. The van der Waals surface area contributed by atoms with E-state index < -0.39 is 5.60 Å². The summed E-state index contributed by atoms with van der Waals surface area (Å²) >= 11 is 0. The van der Waals surface area contributed by atoms with Gasteiger partial charge in [-0.25, -0.2) is 4.79 Å². The highest BCUT2D eigenvalue weighted by molar-refractivity contribution is 5.70. The number of fused-ring (bicyclic) bond motifs is 1. The Kier molecular flexibility index (Phi) is 8.75. The van der Waals surface area contributed by atoms with Crippen molar-refractivity contribution in [3.63, 3.8) is 0 Å². The van der Waals surface area contributed by atoms with E-state index in [0.29, 0.717) is 19.0 Å². The largest absolute Gasteiger partial charge is 0.444 e. The summed E-state index contributed by atoms with van der Waals surface area (Å²) in [5.41, 5.74) is 1.67. The van der Waals surface area contributed by atoms with Crippen LogP contribution in [0.2, 0.25) is 0 Å². The molecule has 0 aromatic rings. The Morgan fingerprint density at radius 1 is 1.37 bits per heavy atom. The molecule has 3 aliphatic rings. The third kappa shape index (κ3) is 7.08. The summed E-state index contributed by atoms with van der Waals surface area (Å²) in [6.45, 7) is 15.3. The fourth-order valence-corrected chi connectivity index (χ4v) is 3.42. The van der Waals surface area contributed by atoms with Crippen molar-refractivity contribution in [2.24, 2.45) is 10.9 Å². The molecular weight excluding hydrogens is 376 g/mol.